The van der Waals surface area contributed by atoms with Crippen molar-refractivity contribution in [2.24, 2.45) is 5.41 Å². The lowest BCUT2D eigenvalue weighted by Gasteiger charge is -2.21. The lowest BCUT2D eigenvalue weighted by atomic mass is 9.86. The Bertz CT molecular complexity index is 753. The topological polar surface area (TPSA) is 103 Å². The number of carbonyl (C=O) groups is 2. The van der Waals surface area contributed by atoms with Gasteiger partial charge in [0.05, 0.1) is 5.41 Å². The smallest absolute Gasteiger partial charge is 0.356 e. The van der Waals surface area contributed by atoms with Crippen LogP contribution in [0.2, 0.25) is 0 Å². The normalized spacial score (nSPS) is 23.0. The highest BCUT2D eigenvalue weighted by atomic mass is 19.4. The molecule has 2 aliphatic heterocycles. The molecule has 2 N–H and O–H groups in total. The number of aromatic nitrogens is 2. The van der Waals surface area contributed by atoms with E-state index in [-0.39, 0.29) is 23.8 Å². The van der Waals surface area contributed by atoms with Crippen LogP contribution in [0.1, 0.15) is 18.4 Å². The molecule has 3 heterocycles. The molecule has 1 spiro atoms. The van der Waals surface area contributed by atoms with E-state index in [4.69, 9.17) is 5.26 Å². The molecule has 2 saturated heterocycles. The van der Waals surface area contributed by atoms with Gasteiger partial charge in [0.2, 0.25) is 5.91 Å². The molecule has 3 amide bonds. The van der Waals surface area contributed by atoms with Crippen LogP contribution in [-0.4, -0.2) is 52.4 Å². The van der Waals surface area contributed by atoms with E-state index < -0.39 is 24.2 Å². The SMILES string of the molecule is N#Cc1cn(CC(F)(F)F)nc1NC(=O)N1CCC2(CCNC2=O)C1. The highest BCUT2D eigenvalue weighted by Gasteiger charge is 2.48. The number of amides is 3. The van der Waals surface area contributed by atoms with Crippen LogP contribution in [0.3, 0.4) is 0 Å². The van der Waals surface area contributed by atoms with Gasteiger partial charge in [-0.2, -0.15) is 23.5 Å². The van der Waals surface area contributed by atoms with Gasteiger partial charge in [-0.15, -0.1) is 0 Å². The fourth-order valence-corrected chi connectivity index (χ4v) is 3.19. The van der Waals surface area contributed by atoms with E-state index in [1.165, 1.54) is 4.90 Å². The van der Waals surface area contributed by atoms with E-state index in [0.29, 0.717) is 30.6 Å². The van der Waals surface area contributed by atoms with Crippen molar-refractivity contribution in [2.75, 3.05) is 25.0 Å². The van der Waals surface area contributed by atoms with E-state index in [2.05, 4.69) is 15.7 Å². The minimum Gasteiger partial charge on any atom is -0.356 e. The Labute approximate surface area is 140 Å². The molecule has 1 aromatic rings. The number of nitrogens with zero attached hydrogens (tertiary/aromatic N) is 4. The predicted octanol–water partition coefficient (Wildman–Crippen LogP) is 1.06. The van der Waals surface area contributed by atoms with Crippen LogP contribution in [0.5, 0.6) is 0 Å². The Balaban J connectivity index is 1.69. The third kappa shape index (κ3) is 3.38. The van der Waals surface area contributed by atoms with Crippen LogP contribution in [0.25, 0.3) is 0 Å². The average Bonchev–Trinajstić information content (AvgIpc) is 3.19. The first-order chi connectivity index (χ1) is 11.7. The van der Waals surface area contributed by atoms with Crippen LogP contribution >= 0.6 is 0 Å². The zero-order chi connectivity index (χ0) is 18.2. The number of nitrogens with one attached hydrogen (secondary N) is 2. The van der Waals surface area contributed by atoms with Gasteiger partial charge in [0.25, 0.3) is 0 Å². The summed E-state index contributed by atoms with van der Waals surface area (Å²) in [7, 11) is 0. The van der Waals surface area contributed by atoms with Crippen LogP contribution in [-0.2, 0) is 11.3 Å². The molecule has 134 valence electrons. The van der Waals surface area contributed by atoms with Crippen LogP contribution in [0.15, 0.2) is 6.20 Å². The van der Waals surface area contributed by atoms with Gasteiger partial charge in [0, 0.05) is 25.8 Å². The third-order valence-corrected chi connectivity index (χ3v) is 4.46. The second-order valence-electron chi connectivity index (χ2n) is 6.20. The summed E-state index contributed by atoms with van der Waals surface area (Å²) in [5.41, 5.74) is -0.754. The number of halogens is 3. The second kappa shape index (κ2) is 5.94. The fourth-order valence-electron chi connectivity index (χ4n) is 3.19. The van der Waals surface area contributed by atoms with Crippen molar-refractivity contribution in [2.45, 2.75) is 25.6 Å². The summed E-state index contributed by atoms with van der Waals surface area (Å²) < 4.78 is 37.8. The maximum absolute atomic E-state index is 12.4. The second-order valence-corrected chi connectivity index (χ2v) is 6.20. The van der Waals surface area contributed by atoms with Gasteiger partial charge >= 0.3 is 12.2 Å². The van der Waals surface area contributed by atoms with Gasteiger partial charge in [-0.3, -0.25) is 14.8 Å². The highest BCUT2D eigenvalue weighted by molar-refractivity contribution is 5.92. The molecular weight excluding hydrogens is 341 g/mol. The fraction of sp³-hybridized carbons (Fsp3) is 0.571. The molecule has 1 atom stereocenters. The quantitative estimate of drug-likeness (QED) is 0.827. The lowest BCUT2D eigenvalue weighted by molar-refractivity contribution is -0.142. The number of rotatable bonds is 2. The van der Waals surface area contributed by atoms with E-state index in [0.717, 1.165) is 6.20 Å². The van der Waals surface area contributed by atoms with Crippen LogP contribution < -0.4 is 10.6 Å². The Morgan fingerprint density at radius 1 is 1.48 bits per heavy atom. The number of likely N-dealkylation sites (tertiary alicyclic amines) is 1. The molecule has 0 saturated carbocycles. The minimum absolute atomic E-state index is 0.0880. The van der Waals surface area contributed by atoms with E-state index in [9.17, 15) is 22.8 Å². The Kier molecular flexibility index (Phi) is 4.06. The number of alkyl halides is 3. The molecule has 11 heteroatoms. The summed E-state index contributed by atoms with van der Waals surface area (Å²) in [6, 6.07) is 1.11. The average molecular weight is 356 g/mol. The van der Waals surface area contributed by atoms with Crippen molar-refractivity contribution in [3.8, 4) is 6.07 Å². The summed E-state index contributed by atoms with van der Waals surface area (Å²) in [5.74, 6) is -0.316. The summed E-state index contributed by atoms with van der Waals surface area (Å²) >= 11 is 0. The van der Waals surface area contributed by atoms with Gasteiger partial charge in [0.1, 0.15) is 18.2 Å². The third-order valence-electron chi connectivity index (χ3n) is 4.46. The molecule has 0 bridgehead atoms. The zero-order valence-electron chi connectivity index (χ0n) is 13.1. The van der Waals surface area contributed by atoms with Crippen molar-refractivity contribution in [1.29, 1.82) is 5.26 Å². The van der Waals surface area contributed by atoms with E-state index in [1.54, 1.807) is 6.07 Å². The first kappa shape index (κ1) is 17.1. The van der Waals surface area contributed by atoms with Crippen molar-refractivity contribution in [3.63, 3.8) is 0 Å². The van der Waals surface area contributed by atoms with Crippen LogP contribution in [0, 0.1) is 16.7 Å². The summed E-state index contributed by atoms with van der Waals surface area (Å²) in [5, 5.41) is 17.7. The minimum atomic E-state index is -4.49. The Morgan fingerprint density at radius 2 is 2.24 bits per heavy atom. The first-order valence-electron chi connectivity index (χ1n) is 7.61. The lowest BCUT2D eigenvalue weighted by Crippen LogP contribution is -2.38. The number of urea groups is 1. The van der Waals surface area contributed by atoms with E-state index >= 15 is 0 Å². The molecule has 3 rings (SSSR count). The van der Waals surface area contributed by atoms with Gasteiger partial charge in [-0.05, 0) is 12.8 Å². The number of hydrogen-bond acceptors (Lipinski definition) is 4. The van der Waals surface area contributed by atoms with Gasteiger partial charge in [-0.1, -0.05) is 0 Å². The van der Waals surface area contributed by atoms with Crippen molar-refractivity contribution < 1.29 is 22.8 Å². The first-order valence-corrected chi connectivity index (χ1v) is 7.61. The summed E-state index contributed by atoms with van der Waals surface area (Å²) in [6.07, 6.45) is -2.39. The zero-order valence-corrected chi connectivity index (χ0v) is 13.1. The largest absolute Gasteiger partial charge is 0.408 e. The number of hydrogen-bond donors (Lipinski definition) is 2. The molecule has 0 aromatic carbocycles. The monoisotopic (exact) mass is 356 g/mol. The Morgan fingerprint density at radius 3 is 2.84 bits per heavy atom. The Hall–Kier alpha value is -2.77. The van der Waals surface area contributed by atoms with Gasteiger partial charge in [-0.25, -0.2) is 4.79 Å². The predicted molar refractivity (Wildman–Crippen MR) is 78.3 cm³/mol. The molecular formula is C14H15F3N6O2. The molecule has 2 aliphatic rings. The van der Waals surface area contributed by atoms with E-state index in [1.807, 2.05) is 0 Å². The highest BCUT2D eigenvalue weighted by Crippen LogP contribution is 2.37. The standard InChI is InChI=1S/C14H15F3N6O2/c15-14(16,17)8-23-6-9(5-18)10(21-23)20-12(25)22-4-2-13(7-22)1-3-19-11(13)24/h6H,1-4,7-8H2,(H,19,24)(H,20,21,25). The van der Waals surface area contributed by atoms with Crippen molar-refractivity contribution in [3.05, 3.63) is 11.8 Å². The number of nitriles is 1. The summed E-state index contributed by atoms with van der Waals surface area (Å²) in [6.45, 7) is -0.209. The molecule has 0 radical (unpaired) electrons. The molecule has 2 fully saturated rings. The van der Waals surface area contributed by atoms with Gasteiger partial charge < -0.3 is 10.2 Å². The molecule has 25 heavy (non-hydrogen) atoms. The van der Waals surface area contributed by atoms with Crippen molar-refractivity contribution >= 4 is 17.8 Å². The van der Waals surface area contributed by atoms with Gasteiger partial charge in [0.15, 0.2) is 5.82 Å². The molecule has 1 unspecified atom stereocenters. The molecule has 1 aromatic heterocycles. The molecule has 8 nitrogen and oxygen atoms in total. The van der Waals surface area contributed by atoms with Crippen molar-refractivity contribution in [1.82, 2.24) is 20.0 Å². The number of carbonyl (C=O) groups excluding carboxylic acids is 2. The summed E-state index contributed by atoms with van der Waals surface area (Å²) in [4.78, 5) is 25.7. The maximum Gasteiger partial charge on any atom is 0.408 e. The van der Waals surface area contributed by atoms with Crippen LogP contribution in [0.4, 0.5) is 23.8 Å². The molecule has 0 aliphatic carbocycles. The number of anilines is 1. The maximum atomic E-state index is 12.4.